The Kier molecular flexibility index (Phi) is 6.20. The van der Waals surface area contributed by atoms with E-state index >= 15 is 0 Å². The number of rotatable bonds is 8. The summed E-state index contributed by atoms with van der Waals surface area (Å²) >= 11 is 0. The normalized spacial score (nSPS) is 10.1. The van der Waals surface area contributed by atoms with Gasteiger partial charge in [-0.25, -0.2) is 0 Å². The monoisotopic (exact) mass is 246 g/mol. The van der Waals surface area contributed by atoms with Crippen molar-refractivity contribution in [2.45, 2.75) is 39.5 Å². The smallest absolute Gasteiger partial charge is 0.159 e. The van der Waals surface area contributed by atoms with Crippen LogP contribution in [0.1, 0.15) is 49.0 Å². The quantitative estimate of drug-likeness (QED) is 0.390. The van der Waals surface area contributed by atoms with E-state index in [9.17, 15) is 4.79 Å². The van der Waals surface area contributed by atoms with E-state index in [1.165, 1.54) is 12.8 Å². The van der Waals surface area contributed by atoms with Gasteiger partial charge >= 0.3 is 0 Å². The molecule has 1 aromatic carbocycles. The molecule has 1 rings (SSSR count). The first-order valence-electron chi connectivity index (χ1n) is 6.56. The van der Waals surface area contributed by atoms with Crippen LogP contribution in [0.4, 0.5) is 0 Å². The lowest BCUT2D eigenvalue weighted by Crippen LogP contribution is -2.02. The van der Waals surface area contributed by atoms with Crippen LogP contribution >= 0.6 is 0 Å². The Bertz CT molecular complexity index is 408. The molecular formula is C16H22O2. The zero-order valence-corrected chi connectivity index (χ0v) is 11.4. The second-order valence-electron chi connectivity index (χ2n) is 4.43. The van der Waals surface area contributed by atoms with Gasteiger partial charge in [0.15, 0.2) is 5.78 Å². The fourth-order valence-corrected chi connectivity index (χ4v) is 1.79. The van der Waals surface area contributed by atoms with Gasteiger partial charge in [-0.3, -0.25) is 4.79 Å². The molecule has 0 fully saturated rings. The topological polar surface area (TPSA) is 26.3 Å². The lowest BCUT2D eigenvalue weighted by Gasteiger charge is -2.11. The number of hydrogen-bond acceptors (Lipinski definition) is 2. The third-order valence-corrected chi connectivity index (χ3v) is 2.84. The highest BCUT2D eigenvalue weighted by molar-refractivity contribution is 5.94. The molecule has 18 heavy (non-hydrogen) atoms. The van der Waals surface area contributed by atoms with E-state index in [4.69, 9.17) is 4.74 Å². The predicted octanol–water partition coefficient (Wildman–Crippen LogP) is 4.19. The molecule has 0 aromatic heterocycles. The molecule has 98 valence electrons. The molecule has 0 saturated carbocycles. The molecule has 0 spiro atoms. The van der Waals surface area contributed by atoms with Gasteiger partial charge in [0, 0.05) is 5.56 Å². The minimum absolute atomic E-state index is 0.0813. The SMILES string of the molecule is C=CCc1cc(C(C)=O)ccc1OCCCCC. The first-order valence-corrected chi connectivity index (χ1v) is 6.56. The van der Waals surface area contributed by atoms with Crippen molar-refractivity contribution >= 4 is 5.78 Å². The van der Waals surface area contributed by atoms with E-state index in [-0.39, 0.29) is 5.78 Å². The molecule has 0 aliphatic carbocycles. The lowest BCUT2D eigenvalue weighted by molar-refractivity contribution is 0.101. The van der Waals surface area contributed by atoms with Crippen LogP contribution in [-0.2, 0) is 6.42 Å². The number of ketones is 1. The fourth-order valence-electron chi connectivity index (χ4n) is 1.79. The third-order valence-electron chi connectivity index (χ3n) is 2.84. The first-order chi connectivity index (χ1) is 8.69. The minimum atomic E-state index is 0.0813. The average molecular weight is 246 g/mol. The van der Waals surface area contributed by atoms with Crippen molar-refractivity contribution < 1.29 is 9.53 Å². The van der Waals surface area contributed by atoms with Crippen LogP contribution in [-0.4, -0.2) is 12.4 Å². The highest BCUT2D eigenvalue weighted by atomic mass is 16.5. The Hall–Kier alpha value is -1.57. The lowest BCUT2D eigenvalue weighted by atomic mass is 10.0. The molecule has 0 bridgehead atoms. The molecule has 0 atom stereocenters. The molecule has 2 nitrogen and oxygen atoms in total. The van der Waals surface area contributed by atoms with Crippen LogP contribution in [0.5, 0.6) is 5.75 Å². The Labute approximate surface area is 110 Å². The van der Waals surface area contributed by atoms with Crippen molar-refractivity contribution in [3.8, 4) is 5.75 Å². The van der Waals surface area contributed by atoms with Crippen molar-refractivity contribution in [2.75, 3.05) is 6.61 Å². The second-order valence-corrected chi connectivity index (χ2v) is 4.43. The molecular weight excluding hydrogens is 224 g/mol. The minimum Gasteiger partial charge on any atom is -0.493 e. The number of unbranched alkanes of at least 4 members (excludes halogenated alkanes) is 2. The highest BCUT2D eigenvalue weighted by Gasteiger charge is 2.06. The maximum absolute atomic E-state index is 11.3. The van der Waals surface area contributed by atoms with E-state index < -0.39 is 0 Å². The summed E-state index contributed by atoms with van der Waals surface area (Å²) < 4.78 is 5.77. The van der Waals surface area contributed by atoms with Gasteiger partial charge in [0.2, 0.25) is 0 Å². The number of benzene rings is 1. The van der Waals surface area contributed by atoms with Gasteiger partial charge in [-0.15, -0.1) is 6.58 Å². The molecule has 0 saturated heterocycles. The van der Waals surface area contributed by atoms with Gasteiger partial charge in [-0.2, -0.15) is 0 Å². The van der Waals surface area contributed by atoms with E-state index in [1.807, 2.05) is 24.3 Å². The molecule has 0 heterocycles. The maximum Gasteiger partial charge on any atom is 0.159 e. The number of allylic oxidation sites excluding steroid dienone is 1. The zero-order chi connectivity index (χ0) is 13.4. The predicted molar refractivity (Wildman–Crippen MR) is 75.4 cm³/mol. The molecule has 0 N–H and O–H groups in total. The molecule has 0 aliphatic rings. The highest BCUT2D eigenvalue weighted by Crippen LogP contribution is 2.22. The van der Waals surface area contributed by atoms with Gasteiger partial charge in [0.05, 0.1) is 6.61 Å². The average Bonchev–Trinajstić information content (AvgIpc) is 2.36. The summed E-state index contributed by atoms with van der Waals surface area (Å²) in [7, 11) is 0. The second kappa shape index (κ2) is 7.70. The van der Waals surface area contributed by atoms with Crippen molar-refractivity contribution in [3.05, 3.63) is 42.0 Å². The van der Waals surface area contributed by atoms with Crippen molar-refractivity contribution in [1.29, 1.82) is 0 Å². The van der Waals surface area contributed by atoms with E-state index in [0.29, 0.717) is 0 Å². The van der Waals surface area contributed by atoms with Crippen LogP contribution < -0.4 is 4.74 Å². The molecule has 2 heteroatoms. The molecule has 0 amide bonds. The zero-order valence-electron chi connectivity index (χ0n) is 11.4. The number of Topliss-reactive ketones (excluding diaryl/α,β-unsaturated/α-hetero) is 1. The summed E-state index contributed by atoms with van der Waals surface area (Å²) in [5.74, 6) is 0.953. The number of carbonyl (C=O) groups is 1. The Balaban J connectivity index is 2.76. The summed E-state index contributed by atoms with van der Waals surface area (Å²) in [6, 6.07) is 5.62. The summed E-state index contributed by atoms with van der Waals surface area (Å²) in [6.07, 6.45) is 6.00. The fraction of sp³-hybridized carbons (Fsp3) is 0.438. The molecule has 1 aromatic rings. The molecule has 0 aliphatic heterocycles. The summed E-state index contributed by atoms with van der Waals surface area (Å²) in [4.78, 5) is 11.3. The van der Waals surface area contributed by atoms with Crippen molar-refractivity contribution in [2.24, 2.45) is 0 Å². The summed E-state index contributed by atoms with van der Waals surface area (Å²) in [5.41, 5.74) is 1.77. The van der Waals surface area contributed by atoms with Gasteiger partial charge in [-0.1, -0.05) is 25.8 Å². The van der Waals surface area contributed by atoms with Gasteiger partial charge in [-0.05, 0) is 43.5 Å². The van der Waals surface area contributed by atoms with E-state index in [1.54, 1.807) is 6.92 Å². The largest absolute Gasteiger partial charge is 0.493 e. The van der Waals surface area contributed by atoms with E-state index in [0.717, 1.165) is 36.3 Å². The van der Waals surface area contributed by atoms with Crippen LogP contribution in [0, 0.1) is 0 Å². The number of carbonyl (C=O) groups excluding carboxylic acids is 1. The van der Waals surface area contributed by atoms with Gasteiger partial charge in [0.1, 0.15) is 5.75 Å². The Morgan fingerprint density at radius 1 is 1.39 bits per heavy atom. The standard InChI is InChI=1S/C16H22O2/c1-4-6-7-11-18-16-10-9-14(13(3)17)12-15(16)8-5-2/h5,9-10,12H,2,4,6-8,11H2,1,3H3. The van der Waals surface area contributed by atoms with Gasteiger partial charge < -0.3 is 4.74 Å². The Morgan fingerprint density at radius 2 is 2.17 bits per heavy atom. The van der Waals surface area contributed by atoms with Crippen LogP contribution in [0.2, 0.25) is 0 Å². The number of ether oxygens (including phenoxy) is 1. The van der Waals surface area contributed by atoms with E-state index in [2.05, 4.69) is 13.5 Å². The van der Waals surface area contributed by atoms with Gasteiger partial charge in [0.25, 0.3) is 0 Å². The summed E-state index contributed by atoms with van der Waals surface area (Å²) in [6.45, 7) is 8.22. The van der Waals surface area contributed by atoms with Crippen molar-refractivity contribution in [3.63, 3.8) is 0 Å². The van der Waals surface area contributed by atoms with Crippen LogP contribution in [0.15, 0.2) is 30.9 Å². The first kappa shape index (κ1) is 14.5. The molecule has 0 unspecified atom stereocenters. The Morgan fingerprint density at radius 3 is 2.78 bits per heavy atom. The summed E-state index contributed by atoms with van der Waals surface area (Å²) in [5, 5.41) is 0. The third kappa shape index (κ3) is 4.36. The number of hydrogen-bond donors (Lipinski definition) is 0. The van der Waals surface area contributed by atoms with Crippen LogP contribution in [0.3, 0.4) is 0 Å². The maximum atomic E-state index is 11.3. The molecule has 0 radical (unpaired) electrons. The van der Waals surface area contributed by atoms with Crippen LogP contribution in [0.25, 0.3) is 0 Å². The van der Waals surface area contributed by atoms with Crippen molar-refractivity contribution in [1.82, 2.24) is 0 Å².